The van der Waals surface area contributed by atoms with E-state index in [9.17, 15) is 9.59 Å². The van der Waals surface area contributed by atoms with Crippen molar-refractivity contribution in [2.45, 2.75) is 13.8 Å². The van der Waals surface area contributed by atoms with Gasteiger partial charge in [-0.3, -0.25) is 9.59 Å². The highest BCUT2D eigenvalue weighted by Crippen LogP contribution is 2.28. The highest BCUT2D eigenvalue weighted by Gasteiger charge is 2.36. The average molecular weight is 351 g/mol. The molecule has 0 saturated carbocycles. The summed E-state index contributed by atoms with van der Waals surface area (Å²) >= 11 is 11.9. The predicted molar refractivity (Wildman–Crippen MR) is 93.9 cm³/mol. The van der Waals surface area contributed by atoms with Crippen molar-refractivity contribution in [3.05, 3.63) is 58.6 Å². The van der Waals surface area contributed by atoms with Gasteiger partial charge in [0, 0.05) is 10.7 Å². The molecule has 0 bridgehead atoms. The van der Waals surface area contributed by atoms with E-state index in [2.05, 4.69) is 10.6 Å². The molecule has 4 nitrogen and oxygen atoms in total. The maximum atomic E-state index is 12.5. The zero-order valence-electron chi connectivity index (χ0n) is 12.7. The smallest absolute Gasteiger partial charge is 0.239 e. The minimum atomic E-state index is -1.29. The monoisotopic (exact) mass is 350 g/mol. The largest absolute Gasteiger partial charge is 0.325 e. The van der Waals surface area contributed by atoms with Gasteiger partial charge in [0.15, 0.2) is 0 Å². The van der Waals surface area contributed by atoms with Crippen molar-refractivity contribution in [2.24, 2.45) is 5.41 Å². The molecule has 0 fully saturated rings. The zero-order valence-corrected chi connectivity index (χ0v) is 14.2. The Morgan fingerprint density at radius 2 is 1.52 bits per heavy atom. The zero-order chi connectivity index (χ0) is 17.0. The summed E-state index contributed by atoms with van der Waals surface area (Å²) in [7, 11) is 0. The number of carbonyl (C=O) groups excluding carboxylic acids is 2. The Kier molecular flexibility index (Phi) is 5.29. The van der Waals surface area contributed by atoms with E-state index in [-0.39, 0.29) is 0 Å². The summed E-state index contributed by atoms with van der Waals surface area (Å²) in [5.41, 5.74) is -0.300. The molecule has 0 heterocycles. The fourth-order valence-electron chi connectivity index (χ4n) is 1.78. The second kappa shape index (κ2) is 7.02. The van der Waals surface area contributed by atoms with Gasteiger partial charge in [-0.1, -0.05) is 41.4 Å². The topological polar surface area (TPSA) is 58.2 Å². The highest BCUT2D eigenvalue weighted by atomic mass is 35.5. The van der Waals surface area contributed by atoms with Crippen molar-refractivity contribution in [1.29, 1.82) is 0 Å². The van der Waals surface area contributed by atoms with Crippen molar-refractivity contribution in [3.63, 3.8) is 0 Å². The fourth-order valence-corrected chi connectivity index (χ4v) is 2.12. The highest BCUT2D eigenvalue weighted by molar-refractivity contribution is 6.36. The van der Waals surface area contributed by atoms with E-state index in [0.29, 0.717) is 21.4 Å². The van der Waals surface area contributed by atoms with Gasteiger partial charge < -0.3 is 10.6 Å². The Bertz CT molecular complexity index is 731. The van der Waals surface area contributed by atoms with E-state index in [4.69, 9.17) is 23.2 Å². The number of anilines is 2. The maximum Gasteiger partial charge on any atom is 0.239 e. The standard InChI is InChI=1S/C17H16Cl2N2O2/c1-17(2,15(22)20-12-6-4-3-5-7-12)16(23)21-14-10-11(18)8-9-13(14)19/h3-10H,1-2H3,(H,20,22)(H,21,23). The summed E-state index contributed by atoms with van der Waals surface area (Å²) < 4.78 is 0. The van der Waals surface area contributed by atoms with Crippen molar-refractivity contribution in [2.75, 3.05) is 10.6 Å². The van der Waals surface area contributed by atoms with Crippen LogP contribution in [0.15, 0.2) is 48.5 Å². The molecule has 0 aliphatic carbocycles. The maximum absolute atomic E-state index is 12.5. The average Bonchev–Trinajstić information content (AvgIpc) is 2.51. The van der Waals surface area contributed by atoms with Crippen LogP contribution < -0.4 is 10.6 Å². The lowest BCUT2D eigenvalue weighted by molar-refractivity contribution is -0.135. The van der Waals surface area contributed by atoms with E-state index in [0.717, 1.165) is 0 Å². The lowest BCUT2D eigenvalue weighted by atomic mass is 9.90. The molecule has 6 heteroatoms. The molecule has 0 aromatic heterocycles. The van der Waals surface area contributed by atoms with E-state index in [1.54, 1.807) is 50.2 Å². The summed E-state index contributed by atoms with van der Waals surface area (Å²) in [6, 6.07) is 13.7. The van der Waals surface area contributed by atoms with Crippen LogP contribution in [0.5, 0.6) is 0 Å². The minimum Gasteiger partial charge on any atom is -0.325 e. The van der Waals surface area contributed by atoms with Crippen LogP contribution in [-0.2, 0) is 9.59 Å². The van der Waals surface area contributed by atoms with Crippen molar-refractivity contribution >= 4 is 46.4 Å². The Balaban J connectivity index is 2.13. The molecule has 2 N–H and O–H groups in total. The van der Waals surface area contributed by atoms with Crippen LogP contribution >= 0.6 is 23.2 Å². The third-order valence-electron chi connectivity index (χ3n) is 3.34. The summed E-state index contributed by atoms with van der Waals surface area (Å²) in [5, 5.41) is 6.15. The van der Waals surface area contributed by atoms with Crippen LogP contribution in [0.25, 0.3) is 0 Å². The molecule has 2 aromatic carbocycles. The number of rotatable bonds is 4. The second-order valence-corrected chi connectivity index (χ2v) is 6.37. The molecule has 2 amide bonds. The molecule has 0 spiro atoms. The number of amides is 2. The van der Waals surface area contributed by atoms with Gasteiger partial charge in [-0.25, -0.2) is 0 Å². The summed E-state index contributed by atoms with van der Waals surface area (Å²) in [4.78, 5) is 24.8. The first-order valence-corrected chi connectivity index (χ1v) is 7.69. The second-order valence-electron chi connectivity index (χ2n) is 5.52. The molecular formula is C17H16Cl2N2O2. The third-order valence-corrected chi connectivity index (χ3v) is 3.91. The normalized spacial score (nSPS) is 11.0. The Hall–Kier alpha value is -2.04. The van der Waals surface area contributed by atoms with Crippen LogP contribution in [0.3, 0.4) is 0 Å². The molecular weight excluding hydrogens is 335 g/mol. The van der Waals surface area contributed by atoms with Gasteiger partial charge in [-0.05, 0) is 44.2 Å². The van der Waals surface area contributed by atoms with Gasteiger partial charge in [0.2, 0.25) is 11.8 Å². The number of hydrogen-bond acceptors (Lipinski definition) is 2. The molecule has 0 aliphatic rings. The number of carbonyl (C=O) groups is 2. The van der Waals surface area contributed by atoms with E-state index in [1.165, 1.54) is 6.07 Å². The van der Waals surface area contributed by atoms with Crippen LogP contribution in [-0.4, -0.2) is 11.8 Å². The van der Waals surface area contributed by atoms with Gasteiger partial charge in [0.1, 0.15) is 5.41 Å². The predicted octanol–water partition coefficient (Wildman–Crippen LogP) is 4.60. The third kappa shape index (κ3) is 4.24. The molecule has 23 heavy (non-hydrogen) atoms. The van der Waals surface area contributed by atoms with Crippen molar-refractivity contribution in [1.82, 2.24) is 0 Å². The lowest BCUT2D eigenvalue weighted by Crippen LogP contribution is -2.41. The SMILES string of the molecule is CC(C)(C(=O)Nc1ccccc1)C(=O)Nc1cc(Cl)ccc1Cl. The van der Waals surface area contributed by atoms with Crippen LogP contribution in [0.1, 0.15) is 13.8 Å². The molecule has 2 rings (SSSR count). The summed E-state index contributed by atoms with van der Waals surface area (Å²) in [5.74, 6) is -0.894. The van der Waals surface area contributed by atoms with E-state index >= 15 is 0 Å². The number of nitrogens with one attached hydrogen (secondary N) is 2. The fraction of sp³-hybridized carbons (Fsp3) is 0.176. The van der Waals surface area contributed by atoms with E-state index < -0.39 is 17.2 Å². The van der Waals surface area contributed by atoms with E-state index in [1.807, 2.05) is 6.07 Å². The molecule has 0 aliphatic heterocycles. The Morgan fingerprint density at radius 1 is 0.913 bits per heavy atom. The Labute approximate surface area is 144 Å². The number of benzene rings is 2. The molecule has 2 aromatic rings. The van der Waals surface area contributed by atoms with Gasteiger partial charge in [0.05, 0.1) is 10.7 Å². The summed E-state index contributed by atoms with van der Waals surface area (Å²) in [6.07, 6.45) is 0. The van der Waals surface area contributed by atoms with Crippen LogP contribution in [0, 0.1) is 5.41 Å². The first-order valence-electron chi connectivity index (χ1n) is 6.93. The number of para-hydroxylation sites is 1. The molecule has 0 atom stereocenters. The van der Waals surface area contributed by atoms with Gasteiger partial charge >= 0.3 is 0 Å². The van der Waals surface area contributed by atoms with Gasteiger partial charge in [-0.2, -0.15) is 0 Å². The van der Waals surface area contributed by atoms with Crippen molar-refractivity contribution in [3.8, 4) is 0 Å². The molecule has 0 radical (unpaired) electrons. The van der Waals surface area contributed by atoms with Gasteiger partial charge in [0.25, 0.3) is 0 Å². The summed E-state index contributed by atoms with van der Waals surface area (Å²) in [6.45, 7) is 3.08. The van der Waals surface area contributed by atoms with Crippen LogP contribution in [0.2, 0.25) is 10.0 Å². The molecule has 0 unspecified atom stereocenters. The Morgan fingerprint density at radius 3 is 2.17 bits per heavy atom. The number of hydrogen-bond donors (Lipinski definition) is 2. The molecule has 120 valence electrons. The number of halogens is 2. The first kappa shape index (κ1) is 17.3. The minimum absolute atomic E-state index is 0.349. The lowest BCUT2D eigenvalue weighted by Gasteiger charge is -2.23. The van der Waals surface area contributed by atoms with Gasteiger partial charge in [-0.15, -0.1) is 0 Å². The molecule has 0 saturated heterocycles. The van der Waals surface area contributed by atoms with Crippen molar-refractivity contribution < 1.29 is 9.59 Å². The van der Waals surface area contributed by atoms with Crippen LogP contribution in [0.4, 0.5) is 11.4 Å². The first-order chi connectivity index (χ1) is 10.8. The quantitative estimate of drug-likeness (QED) is 0.791.